The van der Waals surface area contributed by atoms with E-state index in [9.17, 15) is 0 Å². The fourth-order valence-electron chi connectivity index (χ4n) is 7.83. The molecule has 6 aromatic carbocycles. The van der Waals surface area contributed by atoms with Crippen LogP contribution < -0.4 is 0 Å². The van der Waals surface area contributed by atoms with Gasteiger partial charge in [-0.05, 0) is 40.7 Å². The van der Waals surface area contributed by atoms with Crippen LogP contribution in [0.25, 0.3) is 44.1 Å². The van der Waals surface area contributed by atoms with Gasteiger partial charge in [-0.25, -0.2) is 0 Å². The number of hydrogen-bond acceptors (Lipinski definition) is 2. The van der Waals surface area contributed by atoms with E-state index in [1.165, 1.54) is 33.4 Å². The molecule has 284 valence electrons. The van der Waals surface area contributed by atoms with Crippen LogP contribution in [0.1, 0.15) is 64.1 Å². The third kappa shape index (κ3) is 8.63. The number of fused-ring (bicyclic) bond motifs is 2. The van der Waals surface area contributed by atoms with Crippen molar-refractivity contribution in [1.29, 1.82) is 0 Å². The molecule has 1 unspecified atom stereocenters. The first-order chi connectivity index (χ1) is 25.9. The largest absolute Gasteiger partial charge is 0.748 e. The maximum absolute atomic E-state index is 5.43. The van der Waals surface area contributed by atoms with Gasteiger partial charge in [-0.1, -0.05) is 162 Å². The third-order valence-corrected chi connectivity index (χ3v) is 15.0. The van der Waals surface area contributed by atoms with Crippen molar-refractivity contribution in [2.75, 3.05) is 0 Å². The summed E-state index contributed by atoms with van der Waals surface area (Å²) in [6, 6.07) is 60.1. The van der Waals surface area contributed by atoms with Crippen LogP contribution in [-0.4, -0.2) is 20.3 Å². The number of para-hydroxylation sites is 2. The molecule has 0 radical (unpaired) electrons. The summed E-state index contributed by atoms with van der Waals surface area (Å²) < 4.78 is 0. The van der Waals surface area contributed by atoms with Crippen molar-refractivity contribution < 1.29 is 17.1 Å². The molecule has 0 saturated carbocycles. The maximum Gasteiger partial charge on any atom is 0.0764 e. The number of benzene rings is 4. The second kappa shape index (κ2) is 16.9. The maximum atomic E-state index is 5.43. The van der Waals surface area contributed by atoms with Gasteiger partial charge >= 0.3 is 0 Å². The number of rotatable bonds is 7. The van der Waals surface area contributed by atoms with Crippen LogP contribution in [-0.2, 0) is 28.4 Å². The summed E-state index contributed by atoms with van der Waals surface area (Å²) in [5.41, 5.74) is 11.6. The summed E-state index contributed by atoms with van der Waals surface area (Å²) in [6.07, 6.45) is 0.978. The molecule has 1 atom stereocenters. The number of hydrogen-bond donors (Lipinski definition) is 0. The standard InChI is InChI=1S/C45H45N2P2.C5H5.Fe/c1-43(2,3)49(44(4,5)6)30-36-37(29-35(31-17-9-7-10-18-31)42(36)34-21-11-8-12-22-34)45(48,40-27-25-32-19-13-15-23-38(32)46-40)41-28-26-33-20-14-16-24-39(33)47-41;1-2-4-5-3-1;/h7-29H,30,48H2,1-6H3;1-5H;/q-1;-5;. The van der Waals surface area contributed by atoms with Crippen LogP contribution in [0, 0.1) is 0 Å². The minimum absolute atomic E-state index is 0. The molecule has 2 heterocycles. The molecule has 5 heteroatoms. The molecule has 2 aromatic heterocycles. The van der Waals surface area contributed by atoms with Crippen LogP contribution >= 0.6 is 17.2 Å². The van der Waals surface area contributed by atoms with Crippen LogP contribution in [0.5, 0.6) is 0 Å². The minimum Gasteiger partial charge on any atom is -0.748 e. The predicted octanol–water partition coefficient (Wildman–Crippen LogP) is 14.0. The predicted molar refractivity (Wildman–Crippen MR) is 238 cm³/mol. The molecule has 8 rings (SSSR count). The van der Waals surface area contributed by atoms with E-state index in [2.05, 4.69) is 190 Å². The van der Waals surface area contributed by atoms with Crippen LogP contribution in [0.15, 0.2) is 170 Å². The first kappa shape index (κ1) is 40.4. The molecule has 0 aliphatic heterocycles. The Morgan fingerprint density at radius 1 is 0.545 bits per heavy atom. The van der Waals surface area contributed by atoms with E-state index in [4.69, 9.17) is 9.97 Å². The minimum atomic E-state index is -0.725. The Kier molecular flexibility index (Phi) is 12.4. The fourth-order valence-corrected chi connectivity index (χ4v) is 12.0. The average Bonchev–Trinajstić information content (AvgIpc) is 3.89. The molecule has 0 N–H and O–H groups in total. The summed E-state index contributed by atoms with van der Waals surface area (Å²) in [7, 11) is 2.82. The van der Waals surface area contributed by atoms with Gasteiger partial charge < -0.3 is 30.3 Å². The number of nitrogens with zero attached hydrogens (tertiary/aromatic N) is 2. The molecule has 0 fully saturated rings. The topological polar surface area (TPSA) is 25.8 Å². The Labute approximate surface area is 342 Å². The van der Waals surface area contributed by atoms with Crippen molar-refractivity contribution in [3.8, 4) is 22.3 Å². The molecule has 2 nitrogen and oxygen atoms in total. The van der Waals surface area contributed by atoms with Gasteiger partial charge in [0.2, 0.25) is 0 Å². The van der Waals surface area contributed by atoms with E-state index in [-0.39, 0.29) is 27.4 Å². The normalized spacial score (nSPS) is 12.0. The third-order valence-electron chi connectivity index (χ3n) is 10.3. The summed E-state index contributed by atoms with van der Waals surface area (Å²) >= 11 is 0. The molecular weight excluding hydrogens is 746 g/mol. The zero-order chi connectivity index (χ0) is 37.9. The van der Waals surface area contributed by atoms with Gasteiger partial charge in [0.05, 0.1) is 27.6 Å². The molecule has 55 heavy (non-hydrogen) atoms. The molecular formula is C50H50FeN2P2-6. The van der Waals surface area contributed by atoms with Crippen molar-refractivity contribution in [1.82, 2.24) is 9.97 Å². The van der Waals surface area contributed by atoms with Gasteiger partial charge in [0.25, 0.3) is 0 Å². The molecule has 0 bridgehead atoms. The van der Waals surface area contributed by atoms with Crippen molar-refractivity contribution in [2.45, 2.75) is 63.2 Å². The van der Waals surface area contributed by atoms with Crippen LogP contribution in [0.3, 0.4) is 0 Å². The van der Waals surface area contributed by atoms with Crippen molar-refractivity contribution in [3.63, 3.8) is 0 Å². The SMILES string of the molecule is CC(C)(C)P(C[c-]1c(C(P)(c2ccc3ccccc3n2)c2ccc3ccccc3n2)cc(-c2ccccc2)c1-c1ccccc1)C(C)(C)C.[Fe].[cH-]1[cH-][cH-][cH-][cH-]1. The smallest absolute Gasteiger partial charge is 0.0764 e. The molecule has 0 aliphatic rings. The zero-order valence-corrected chi connectivity index (χ0v) is 35.8. The van der Waals surface area contributed by atoms with Crippen molar-refractivity contribution in [2.24, 2.45) is 0 Å². The van der Waals surface area contributed by atoms with E-state index in [0.717, 1.165) is 39.4 Å². The van der Waals surface area contributed by atoms with Gasteiger partial charge in [0, 0.05) is 27.8 Å². The van der Waals surface area contributed by atoms with Crippen molar-refractivity contribution >= 4 is 39.0 Å². The fraction of sp³-hybridized carbons (Fsp3) is 0.200. The number of pyridine rings is 2. The molecule has 0 aliphatic carbocycles. The van der Waals surface area contributed by atoms with Gasteiger partial charge in [-0.3, -0.25) is 9.97 Å². The zero-order valence-electron chi connectivity index (χ0n) is 32.6. The van der Waals surface area contributed by atoms with Gasteiger partial charge in [0.1, 0.15) is 0 Å². The quantitative estimate of drug-likeness (QED) is 0.0912. The Hall–Kier alpha value is -4.22. The Balaban J connectivity index is 0.000000794. The van der Waals surface area contributed by atoms with E-state index in [0.29, 0.717) is 0 Å². The molecule has 0 saturated heterocycles. The van der Waals surface area contributed by atoms with E-state index in [1.54, 1.807) is 0 Å². The Morgan fingerprint density at radius 3 is 1.42 bits per heavy atom. The van der Waals surface area contributed by atoms with Crippen LogP contribution in [0.2, 0.25) is 0 Å². The average molecular weight is 797 g/mol. The van der Waals surface area contributed by atoms with Gasteiger partial charge in [-0.15, -0.1) is 39.4 Å². The summed E-state index contributed by atoms with van der Waals surface area (Å²) in [5.74, 6) is 0. The number of aromatic nitrogens is 2. The van der Waals surface area contributed by atoms with E-state index >= 15 is 0 Å². The molecule has 8 aromatic rings. The van der Waals surface area contributed by atoms with E-state index < -0.39 is 13.1 Å². The van der Waals surface area contributed by atoms with Gasteiger partial charge in [-0.2, -0.15) is 6.07 Å². The van der Waals surface area contributed by atoms with Crippen molar-refractivity contribution in [3.05, 3.63) is 192 Å². The van der Waals surface area contributed by atoms with E-state index in [1.807, 2.05) is 30.3 Å². The van der Waals surface area contributed by atoms with Crippen LogP contribution in [0.4, 0.5) is 0 Å². The summed E-state index contributed by atoms with van der Waals surface area (Å²) in [4.78, 5) is 10.9. The first-order valence-electron chi connectivity index (χ1n) is 18.8. The van der Waals surface area contributed by atoms with Gasteiger partial charge in [0.15, 0.2) is 0 Å². The summed E-state index contributed by atoms with van der Waals surface area (Å²) in [5, 5.41) is 1.80. The molecule has 0 spiro atoms. The first-order valence-corrected chi connectivity index (χ1v) is 20.9. The Bertz CT molecular complexity index is 2340. The molecule has 0 amide bonds. The Morgan fingerprint density at radius 2 is 0.964 bits per heavy atom. The monoisotopic (exact) mass is 796 g/mol. The second-order valence-electron chi connectivity index (χ2n) is 16.0. The second-order valence-corrected chi connectivity index (χ2v) is 20.8. The summed E-state index contributed by atoms with van der Waals surface area (Å²) in [6.45, 7) is 14.6.